The first-order valence-electron chi connectivity index (χ1n) is 8.74. The maximum absolute atomic E-state index is 5.99. The number of guanidine groups is 1. The number of aliphatic imine (C=N–C) groups is 1. The summed E-state index contributed by atoms with van der Waals surface area (Å²) >= 11 is 0. The van der Waals surface area contributed by atoms with Gasteiger partial charge in [0.2, 0.25) is 5.89 Å². The zero-order valence-electron chi connectivity index (χ0n) is 14.7. The number of hydrogen-bond donors (Lipinski definition) is 2. The van der Waals surface area contributed by atoms with Gasteiger partial charge in [-0.1, -0.05) is 18.2 Å². The first-order valence-corrected chi connectivity index (χ1v) is 8.74. The minimum absolute atomic E-state index is 0.286. The van der Waals surface area contributed by atoms with Crippen molar-refractivity contribution in [2.75, 3.05) is 18.5 Å². The molecule has 0 bridgehead atoms. The molecule has 1 aliphatic heterocycles. The van der Waals surface area contributed by atoms with Gasteiger partial charge >= 0.3 is 0 Å². The number of nitrogens with one attached hydrogen (secondary N) is 1. The van der Waals surface area contributed by atoms with E-state index in [0.717, 1.165) is 23.4 Å². The van der Waals surface area contributed by atoms with E-state index >= 15 is 0 Å². The van der Waals surface area contributed by atoms with Gasteiger partial charge < -0.3 is 24.9 Å². The highest BCUT2D eigenvalue weighted by molar-refractivity contribution is 5.92. The van der Waals surface area contributed by atoms with Crippen molar-refractivity contribution >= 4 is 11.6 Å². The van der Waals surface area contributed by atoms with Crippen LogP contribution in [0, 0.1) is 0 Å². The molecule has 0 fully saturated rings. The lowest BCUT2D eigenvalue weighted by Gasteiger charge is -2.10. The molecule has 0 amide bonds. The summed E-state index contributed by atoms with van der Waals surface area (Å²) in [5.74, 6) is 2.29. The molecule has 27 heavy (non-hydrogen) atoms. The van der Waals surface area contributed by atoms with E-state index in [1.54, 1.807) is 6.26 Å². The molecule has 4 rings (SSSR count). The summed E-state index contributed by atoms with van der Waals surface area (Å²) in [5.41, 5.74) is 8.40. The molecular weight excluding hydrogens is 344 g/mol. The second-order valence-corrected chi connectivity index (χ2v) is 6.05. The van der Waals surface area contributed by atoms with Gasteiger partial charge in [-0.3, -0.25) is 0 Å². The fourth-order valence-electron chi connectivity index (χ4n) is 2.69. The molecule has 3 N–H and O–H groups in total. The van der Waals surface area contributed by atoms with Crippen molar-refractivity contribution < 1.29 is 13.9 Å². The van der Waals surface area contributed by atoms with E-state index < -0.39 is 0 Å². The van der Waals surface area contributed by atoms with Crippen molar-refractivity contribution in [3.63, 3.8) is 0 Å². The first kappa shape index (κ1) is 17.0. The Bertz CT molecular complexity index is 937. The summed E-state index contributed by atoms with van der Waals surface area (Å²) < 4.78 is 16.8. The average Bonchev–Trinajstić information content (AvgIpc) is 3.05. The van der Waals surface area contributed by atoms with E-state index in [4.69, 9.17) is 19.6 Å². The topological polar surface area (TPSA) is 94.9 Å². The Labute approximate surface area is 156 Å². The van der Waals surface area contributed by atoms with E-state index in [0.29, 0.717) is 37.1 Å². The predicted molar refractivity (Wildman–Crippen MR) is 103 cm³/mol. The summed E-state index contributed by atoms with van der Waals surface area (Å²) in [6.07, 6.45) is 2.45. The number of nitrogens with two attached hydrogens (primary N) is 1. The number of oxazole rings is 1. The van der Waals surface area contributed by atoms with Crippen LogP contribution in [-0.2, 0) is 6.54 Å². The minimum atomic E-state index is 0.286. The molecule has 0 aliphatic carbocycles. The molecule has 2 aromatic carbocycles. The van der Waals surface area contributed by atoms with Gasteiger partial charge in [0.1, 0.15) is 12.0 Å². The zero-order chi connectivity index (χ0) is 18.5. The summed E-state index contributed by atoms with van der Waals surface area (Å²) in [6, 6.07) is 15.3. The molecule has 2 heterocycles. The quantitative estimate of drug-likeness (QED) is 0.544. The first-order chi connectivity index (χ1) is 13.3. The van der Waals surface area contributed by atoms with Gasteiger partial charge in [0.25, 0.3) is 0 Å². The van der Waals surface area contributed by atoms with Crippen molar-refractivity contribution in [3.8, 4) is 23.0 Å². The predicted octanol–water partition coefficient (Wildman–Crippen LogP) is 3.43. The molecule has 0 saturated heterocycles. The Morgan fingerprint density at radius 3 is 2.74 bits per heavy atom. The van der Waals surface area contributed by atoms with Crippen LogP contribution in [0.2, 0.25) is 0 Å². The summed E-state index contributed by atoms with van der Waals surface area (Å²) in [4.78, 5) is 8.75. The Morgan fingerprint density at radius 2 is 1.89 bits per heavy atom. The van der Waals surface area contributed by atoms with Gasteiger partial charge in [-0.05, 0) is 24.3 Å². The molecule has 7 heteroatoms. The van der Waals surface area contributed by atoms with Crippen LogP contribution in [0.4, 0.5) is 5.69 Å². The minimum Gasteiger partial charge on any atom is -0.490 e. The van der Waals surface area contributed by atoms with Crippen LogP contribution in [0.15, 0.2) is 64.2 Å². The molecule has 0 radical (unpaired) electrons. The fourth-order valence-corrected chi connectivity index (χ4v) is 2.69. The summed E-state index contributed by atoms with van der Waals surface area (Å²) in [6.45, 7) is 1.61. The third kappa shape index (κ3) is 4.20. The second-order valence-electron chi connectivity index (χ2n) is 6.05. The van der Waals surface area contributed by atoms with E-state index in [1.165, 1.54) is 0 Å². The third-order valence-electron chi connectivity index (χ3n) is 4.00. The molecule has 3 aromatic rings. The van der Waals surface area contributed by atoms with Crippen LogP contribution in [0.3, 0.4) is 0 Å². The molecule has 138 valence electrons. The Morgan fingerprint density at radius 1 is 1.07 bits per heavy atom. The van der Waals surface area contributed by atoms with E-state index in [2.05, 4.69) is 15.3 Å². The van der Waals surface area contributed by atoms with Crippen LogP contribution >= 0.6 is 0 Å². The molecular formula is C20H20N4O3. The highest BCUT2D eigenvalue weighted by Crippen LogP contribution is 2.32. The van der Waals surface area contributed by atoms with Crippen LogP contribution in [-0.4, -0.2) is 24.2 Å². The largest absolute Gasteiger partial charge is 0.490 e. The summed E-state index contributed by atoms with van der Waals surface area (Å²) in [5, 5.41) is 3.05. The molecule has 0 saturated carbocycles. The number of fused-ring (bicyclic) bond motifs is 1. The number of benzene rings is 2. The number of nitrogens with zero attached hydrogens (tertiary/aromatic N) is 2. The monoisotopic (exact) mass is 364 g/mol. The van der Waals surface area contributed by atoms with Gasteiger partial charge in [-0.2, -0.15) is 0 Å². The Hall–Kier alpha value is -3.48. The number of rotatable bonds is 4. The normalized spacial score (nSPS) is 13.9. The smallest absolute Gasteiger partial charge is 0.226 e. The average molecular weight is 364 g/mol. The highest BCUT2D eigenvalue weighted by Gasteiger charge is 2.11. The molecule has 1 aromatic heterocycles. The van der Waals surface area contributed by atoms with Crippen LogP contribution in [0.5, 0.6) is 11.5 Å². The standard InChI is InChI=1S/C20H20N4O3/c21-20(24-15-7-8-17-18(11-15)26-10-4-9-25-17)22-12-16-13-27-19(23-16)14-5-2-1-3-6-14/h1-3,5-8,11,13H,4,9-10,12H2,(H3,21,22,24). The highest BCUT2D eigenvalue weighted by atomic mass is 16.5. The van der Waals surface area contributed by atoms with Crippen LogP contribution in [0.25, 0.3) is 11.5 Å². The van der Waals surface area contributed by atoms with Crippen molar-refractivity contribution in [3.05, 3.63) is 60.5 Å². The van der Waals surface area contributed by atoms with E-state index in [1.807, 2.05) is 48.5 Å². The van der Waals surface area contributed by atoms with Crippen molar-refractivity contribution in [1.82, 2.24) is 4.98 Å². The van der Waals surface area contributed by atoms with Gasteiger partial charge in [0.05, 0.1) is 19.8 Å². The fraction of sp³-hybridized carbons (Fsp3) is 0.200. The third-order valence-corrected chi connectivity index (χ3v) is 4.00. The number of anilines is 1. The Balaban J connectivity index is 1.40. The second kappa shape index (κ2) is 7.82. The SMILES string of the molecule is NC(=NCc1coc(-c2ccccc2)n1)Nc1ccc2c(c1)OCCCO2. The van der Waals surface area contributed by atoms with Crippen molar-refractivity contribution in [2.24, 2.45) is 10.7 Å². The van der Waals surface area contributed by atoms with Crippen LogP contribution < -0.4 is 20.5 Å². The molecule has 1 aliphatic rings. The van der Waals surface area contributed by atoms with Gasteiger partial charge in [-0.25, -0.2) is 9.98 Å². The summed E-state index contributed by atoms with van der Waals surface area (Å²) in [7, 11) is 0. The number of aromatic nitrogens is 1. The lowest BCUT2D eigenvalue weighted by atomic mass is 10.2. The van der Waals surface area contributed by atoms with Gasteiger partial charge in [0.15, 0.2) is 17.5 Å². The maximum atomic E-state index is 5.99. The Kier molecular flexibility index (Phi) is 4.91. The van der Waals surface area contributed by atoms with Crippen LogP contribution in [0.1, 0.15) is 12.1 Å². The molecule has 0 atom stereocenters. The molecule has 7 nitrogen and oxygen atoms in total. The van der Waals surface area contributed by atoms with Gasteiger partial charge in [0, 0.05) is 23.7 Å². The van der Waals surface area contributed by atoms with E-state index in [9.17, 15) is 0 Å². The zero-order valence-corrected chi connectivity index (χ0v) is 14.7. The molecule has 0 spiro atoms. The number of hydrogen-bond acceptors (Lipinski definition) is 5. The molecule has 0 unspecified atom stereocenters. The van der Waals surface area contributed by atoms with E-state index in [-0.39, 0.29) is 5.96 Å². The lowest BCUT2D eigenvalue weighted by molar-refractivity contribution is 0.297. The maximum Gasteiger partial charge on any atom is 0.226 e. The number of ether oxygens (including phenoxy) is 2. The van der Waals surface area contributed by atoms with Crippen molar-refractivity contribution in [1.29, 1.82) is 0 Å². The lowest BCUT2D eigenvalue weighted by Crippen LogP contribution is -2.22. The van der Waals surface area contributed by atoms with Gasteiger partial charge in [-0.15, -0.1) is 0 Å². The van der Waals surface area contributed by atoms with Crippen molar-refractivity contribution in [2.45, 2.75) is 13.0 Å².